The quantitative estimate of drug-likeness (QED) is 0.481. The van der Waals surface area contributed by atoms with Crippen LogP contribution in [0.25, 0.3) is 33.4 Å². The largest absolute Gasteiger partial charge is 0.346 e. The summed E-state index contributed by atoms with van der Waals surface area (Å²) in [6, 6.07) is 14.6. The third kappa shape index (κ3) is 3.17. The van der Waals surface area contributed by atoms with E-state index in [1.54, 1.807) is 24.4 Å². The fourth-order valence-corrected chi connectivity index (χ4v) is 5.38. The highest BCUT2D eigenvalue weighted by atomic mass is 35.5. The molecule has 31 heavy (non-hydrogen) atoms. The highest BCUT2D eigenvalue weighted by molar-refractivity contribution is 7.83. The summed E-state index contributed by atoms with van der Waals surface area (Å²) in [7, 11) is -1.34. The Labute approximate surface area is 185 Å². The van der Waals surface area contributed by atoms with E-state index in [1.165, 1.54) is 6.07 Å². The van der Waals surface area contributed by atoms with Gasteiger partial charge < -0.3 is 4.98 Å². The Hall–Kier alpha value is -3.31. The molecule has 3 heterocycles. The van der Waals surface area contributed by atoms with E-state index < -0.39 is 11.0 Å². The third-order valence-electron chi connectivity index (χ3n) is 5.46. The number of nitriles is 1. The zero-order valence-corrected chi connectivity index (χ0v) is 17.9. The number of fused-ring (bicyclic) bond motifs is 2. The topological polar surface area (TPSA) is 98.6 Å². The summed E-state index contributed by atoms with van der Waals surface area (Å²) < 4.78 is 15.1. The van der Waals surface area contributed by atoms with Gasteiger partial charge in [0.05, 0.1) is 32.6 Å². The number of halogens is 1. The van der Waals surface area contributed by atoms with Gasteiger partial charge in [-0.2, -0.15) is 5.26 Å². The first-order chi connectivity index (χ1) is 15.0. The first-order valence-electron chi connectivity index (χ1n) is 9.48. The maximum Gasteiger partial charge on any atom is 0.191 e. The first kappa shape index (κ1) is 19.6. The van der Waals surface area contributed by atoms with E-state index in [9.17, 15) is 14.3 Å². The van der Waals surface area contributed by atoms with Gasteiger partial charge >= 0.3 is 0 Å². The van der Waals surface area contributed by atoms with Crippen molar-refractivity contribution in [2.75, 3.05) is 0 Å². The summed E-state index contributed by atoms with van der Waals surface area (Å²) in [6.45, 7) is 2.31. The van der Waals surface area contributed by atoms with Gasteiger partial charge in [0.2, 0.25) is 0 Å². The molecule has 5 rings (SSSR count). The van der Waals surface area contributed by atoms with Crippen LogP contribution in [0.3, 0.4) is 0 Å². The first-order valence-corrected chi connectivity index (χ1v) is 11.0. The summed E-state index contributed by atoms with van der Waals surface area (Å²) >= 11 is 6.48. The van der Waals surface area contributed by atoms with Crippen LogP contribution in [-0.2, 0) is 17.5 Å². The molecule has 4 aromatic rings. The molecule has 2 aromatic heterocycles. The van der Waals surface area contributed by atoms with E-state index in [-0.39, 0.29) is 5.43 Å². The maximum absolute atomic E-state index is 12.5. The number of pyridine rings is 2. The van der Waals surface area contributed by atoms with Gasteiger partial charge in [0.25, 0.3) is 0 Å². The van der Waals surface area contributed by atoms with Crippen LogP contribution in [-0.4, -0.2) is 14.2 Å². The van der Waals surface area contributed by atoms with Crippen molar-refractivity contribution in [3.8, 4) is 28.5 Å². The molecule has 8 heteroatoms. The molecule has 1 atom stereocenters. The van der Waals surface area contributed by atoms with Gasteiger partial charge in [0.1, 0.15) is 16.6 Å². The standard InChI is InChI=1S/C23H15ClN4O2S/c1-12-13(10-25)3-2-4-16(12)21-17(9-18-20(29)5-6-26-23(18)28-21)14-7-15-11-27-31(30)22(15)19(24)8-14/h2-9,27H,11H2,1H3,(H,26,28,29). The van der Waals surface area contributed by atoms with Gasteiger partial charge in [-0.05, 0) is 47.9 Å². The van der Waals surface area contributed by atoms with Crippen molar-refractivity contribution in [1.82, 2.24) is 14.7 Å². The molecule has 1 unspecified atom stereocenters. The van der Waals surface area contributed by atoms with E-state index in [0.29, 0.717) is 44.3 Å². The molecule has 0 aliphatic carbocycles. The van der Waals surface area contributed by atoms with Crippen LogP contribution in [0.4, 0.5) is 0 Å². The second kappa shape index (κ2) is 7.43. The van der Waals surface area contributed by atoms with E-state index in [2.05, 4.69) is 15.8 Å². The number of hydrogen-bond donors (Lipinski definition) is 2. The summed E-state index contributed by atoms with van der Waals surface area (Å²) in [6.07, 6.45) is 1.56. The summed E-state index contributed by atoms with van der Waals surface area (Å²) in [5.41, 5.74) is 5.41. The van der Waals surface area contributed by atoms with E-state index in [4.69, 9.17) is 16.6 Å². The van der Waals surface area contributed by atoms with E-state index >= 15 is 0 Å². The predicted molar refractivity (Wildman–Crippen MR) is 121 cm³/mol. The Kier molecular flexibility index (Phi) is 4.71. The monoisotopic (exact) mass is 446 g/mol. The Bertz CT molecular complexity index is 1520. The lowest BCUT2D eigenvalue weighted by molar-refractivity contribution is 0.678. The van der Waals surface area contributed by atoms with Gasteiger partial charge in [-0.3, -0.25) is 4.79 Å². The van der Waals surface area contributed by atoms with Gasteiger partial charge in [-0.1, -0.05) is 23.7 Å². The van der Waals surface area contributed by atoms with Crippen molar-refractivity contribution in [2.45, 2.75) is 18.4 Å². The average Bonchev–Trinajstić information content (AvgIpc) is 3.14. The Balaban J connectivity index is 1.87. The van der Waals surface area contributed by atoms with E-state index in [1.807, 2.05) is 25.1 Å². The van der Waals surface area contributed by atoms with Crippen LogP contribution in [0.1, 0.15) is 16.7 Å². The molecular formula is C23H15ClN4O2S. The molecule has 0 saturated heterocycles. The third-order valence-corrected chi connectivity index (χ3v) is 7.13. The minimum absolute atomic E-state index is 0.147. The van der Waals surface area contributed by atoms with Crippen molar-refractivity contribution >= 4 is 33.6 Å². The normalized spacial score (nSPS) is 15.1. The smallest absolute Gasteiger partial charge is 0.191 e. The second-order valence-corrected chi connectivity index (χ2v) is 8.89. The fourth-order valence-electron chi connectivity index (χ4n) is 3.90. The lowest BCUT2D eigenvalue weighted by Crippen LogP contribution is -2.05. The molecule has 0 spiro atoms. The van der Waals surface area contributed by atoms with Crippen molar-refractivity contribution < 1.29 is 4.21 Å². The van der Waals surface area contributed by atoms with Crippen LogP contribution in [0.2, 0.25) is 5.02 Å². The number of rotatable bonds is 2. The molecule has 0 bridgehead atoms. The van der Waals surface area contributed by atoms with Crippen LogP contribution in [0.5, 0.6) is 0 Å². The zero-order chi connectivity index (χ0) is 21.7. The number of nitrogens with one attached hydrogen (secondary N) is 2. The molecule has 0 amide bonds. The van der Waals surface area contributed by atoms with Gasteiger partial charge in [0.15, 0.2) is 5.43 Å². The van der Waals surface area contributed by atoms with Crippen LogP contribution < -0.4 is 10.2 Å². The molecule has 0 fully saturated rings. The van der Waals surface area contributed by atoms with Crippen molar-refractivity contribution in [2.24, 2.45) is 0 Å². The molecule has 2 aromatic carbocycles. The molecule has 152 valence electrons. The second-order valence-electron chi connectivity index (χ2n) is 7.25. The highest BCUT2D eigenvalue weighted by Gasteiger charge is 2.24. The summed E-state index contributed by atoms with van der Waals surface area (Å²) in [5.74, 6) is 0. The Morgan fingerprint density at radius 1 is 1.19 bits per heavy atom. The SMILES string of the molecule is Cc1c(C#N)cccc1-c1nc2[nH]ccc(=O)c2cc1-c1cc(Cl)c2c(c1)CNS2=O. The van der Waals surface area contributed by atoms with Crippen LogP contribution in [0, 0.1) is 18.3 Å². The number of hydrogen-bond acceptors (Lipinski definition) is 4. The van der Waals surface area contributed by atoms with Crippen LogP contribution >= 0.6 is 11.6 Å². The lowest BCUT2D eigenvalue weighted by Gasteiger charge is -2.15. The van der Waals surface area contributed by atoms with Gasteiger partial charge in [-0.15, -0.1) is 0 Å². The molecule has 0 radical (unpaired) electrons. The summed E-state index contributed by atoms with van der Waals surface area (Å²) in [4.78, 5) is 20.9. The minimum atomic E-state index is -1.34. The number of aromatic amines is 1. The average molecular weight is 447 g/mol. The van der Waals surface area contributed by atoms with Crippen molar-refractivity contribution in [3.63, 3.8) is 0 Å². The number of H-pyrrole nitrogens is 1. The van der Waals surface area contributed by atoms with Gasteiger partial charge in [0, 0.05) is 29.9 Å². The maximum atomic E-state index is 12.5. The number of nitrogens with zero attached hydrogens (tertiary/aromatic N) is 2. The minimum Gasteiger partial charge on any atom is -0.346 e. The molecule has 2 N–H and O–H groups in total. The summed E-state index contributed by atoms with van der Waals surface area (Å²) in [5, 5.41) is 10.3. The molecular weight excluding hydrogens is 432 g/mol. The Morgan fingerprint density at radius 3 is 2.84 bits per heavy atom. The van der Waals surface area contributed by atoms with Crippen molar-refractivity contribution in [3.05, 3.63) is 80.6 Å². The number of aromatic nitrogens is 2. The molecule has 6 nitrogen and oxygen atoms in total. The Morgan fingerprint density at radius 2 is 2.03 bits per heavy atom. The molecule has 1 aliphatic heterocycles. The molecule has 0 saturated carbocycles. The lowest BCUT2D eigenvalue weighted by atomic mass is 9.93. The highest BCUT2D eigenvalue weighted by Crippen LogP contribution is 2.39. The van der Waals surface area contributed by atoms with E-state index in [0.717, 1.165) is 22.3 Å². The zero-order valence-electron chi connectivity index (χ0n) is 16.3. The van der Waals surface area contributed by atoms with Crippen molar-refractivity contribution in [1.29, 1.82) is 5.26 Å². The van der Waals surface area contributed by atoms with Gasteiger partial charge in [-0.25, -0.2) is 13.9 Å². The van der Waals surface area contributed by atoms with Crippen LogP contribution in [0.15, 0.2) is 58.4 Å². The molecule has 1 aliphatic rings. The fraction of sp³-hybridized carbons (Fsp3) is 0.0870. The predicted octanol–water partition coefficient (Wildman–Crippen LogP) is 4.22. The number of benzene rings is 2.